The zero-order valence-corrected chi connectivity index (χ0v) is 12.3. The van der Waals surface area contributed by atoms with Crippen LogP contribution in [0.25, 0.3) is 0 Å². The van der Waals surface area contributed by atoms with E-state index in [0.717, 1.165) is 6.07 Å². The van der Waals surface area contributed by atoms with E-state index in [1.807, 2.05) is 0 Å². The molecule has 0 heterocycles. The van der Waals surface area contributed by atoms with Crippen molar-refractivity contribution < 1.29 is 22.3 Å². The van der Waals surface area contributed by atoms with Gasteiger partial charge in [-0.1, -0.05) is 40.2 Å². The minimum Gasteiger partial charge on any atom is -0.435 e. The van der Waals surface area contributed by atoms with Crippen molar-refractivity contribution in [2.45, 2.75) is 17.9 Å². The average molecular weight is 363 g/mol. The Morgan fingerprint density at radius 1 is 1.05 bits per heavy atom. The standard InChI is InChI=1S/C15H11BrF4O/c16-12(8-10-4-2-6-13(17)14(10)18)9-3-1-5-11(7-9)21-15(19)20/h1-7,12,15H,8H2. The highest BCUT2D eigenvalue weighted by Crippen LogP contribution is 2.30. The number of hydrogen-bond donors (Lipinski definition) is 0. The largest absolute Gasteiger partial charge is 0.435 e. The Hall–Kier alpha value is -1.56. The van der Waals surface area contributed by atoms with E-state index in [1.165, 1.54) is 24.3 Å². The maximum absolute atomic E-state index is 13.6. The van der Waals surface area contributed by atoms with E-state index in [9.17, 15) is 17.6 Å². The fourth-order valence-corrected chi connectivity index (χ4v) is 2.54. The van der Waals surface area contributed by atoms with Gasteiger partial charge in [-0.3, -0.25) is 0 Å². The van der Waals surface area contributed by atoms with Gasteiger partial charge in [0.25, 0.3) is 0 Å². The molecular formula is C15H11BrF4O. The second kappa shape index (κ2) is 6.93. The molecule has 0 radical (unpaired) electrons. The first-order valence-corrected chi connectivity index (χ1v) is 7.00. The molecule has 0 fully saturated rings. The summed E-state index contributed by atoms with van der Waals surface area (Å²) in [7, 11) is 0. The summed E-state index contributed by atoms with van der Waals surface area (Å²) in [6.07, 6.45) is 0.182. The summed E-state index contributed by atoms with van der Waals surface area (Å²) in [5.74, 6) is -1.80. The summed E-state index contributed by atoms with van der Waals surface area (Å²) >= 11 is 3.35. The highest BCUT2D eigenvalue weighted by molar-refractivity contribution is 9.09. The molecule has 112 valence electrons. The van der Waals surface area contributed by atoms with E-state index in [-0.39, 0.29) is 22.6 Å². The molecule has 1 unspecified atom stereocenters. The second-order valence-electron chi connectivity index (χ2n) is 4.34. The monoisotopic (exact) mass is 362 g/mol. The van der Waals surface area contributed by atoms with Crippen LogP contribution >= 0.6 is 15.9 Å². The minimum atomic E-state index is -2.91. The topological polar surface area (TPSA) is 9.23 Å². The molecule has 2 aromatic rings. The average Bonchev–Trinajstić information content (AvgIpc) is 2.43. The lowest BCUT2D eigenvalue weighted by Crippen LogP contribution is -2.03. The first-order chi connectivity index (χ1) is 9.97. The molecule has 6 heteroatoms. The third kappa shape index (κ3) is 4.20. The van der Waals surface area contributed by atoms with Crippen molar-refractivity contribution in [2.24, 2.45) is 0 Å². The van der Waals surface area contributed by atoms with Gasteiger partial charge in [-0.25, -0.2) is 8.78 Å². The van der Waals surface area contributed by atoms with Crippen LogP contribution in [0.5, 0.6) is 5.75 Å². The number of rotatable bonds is 5. The van der Waals surface area contributed by atoms with Crippen LogP contribution in [0.1, 0.15) is 16.0 Å². The summed E-state index contributed by atoms with van der Waals surface area (Å²) in [5.41, 5.74) is 0.842. The Balaban J connectivity index is 2.16. The Morgan fingerprint density at radius 3 is 2.48 bits per heavy atom. The van der Waals surface area contributed by atoms with E-state index >= 15 is 0 Å². The second-order valence-corrected chi connectivity index (χ2v) is 5.44. The van der Waals surface area contributed by atoms with Crippen LogP contribution in [0.3, 0.4) is 0 Å². The molecule has 0 aromatic heterocycles. The molecule has 0 spiro atoms. The lowest BCUT2D eigenvalue weighted by atomic mass is 10.0. The number of benzene rings is 2. The predicted molar refractivity (Wildman–Crippen MR) is 74.8 cm³/mol. The summed E-state index contributed by atoms with van der Waals surface area (Å²) in [6.45, 7) is -2.91. The number of ether oxygens (including phenoxy) is 1. The molecule has 0 bridgehead atoms. The molecular weight excluding hydrogens is 352 g/mol. The van der Waals surface area contributed by atoms with Gasteiger partial charge >= 0.3 is 6.61 Å². The van der Waals surface area contributed by atoms with Gasteiger partial charge < -0.3 is 4.74 Å². The van der Waals surface area contributed by atoms with Crippen molar-refractivity contribution in [1.82, 2.24) is 0 Å². The first kappa shape index (κ1) is 15.8. The molecule has 0 amide bonds. The molecule has 0 aliphatic heterocycles. The maximum atomic E-state index is 13.6. The van der Waals surface area contributed by atoms with Gasteiger partial charge in [-0.05, 0) is 35.7 Å². The van der Waals surface area contributed by atoms with Gasteiger partial charge in [-0.2, -0.15) is 8.78 Å². The van der Waals surface area contributed by atoms with E-state index < -0.39 is 18.2 Å². The molecule has 0 N–H and O–H groups in total. The van der Waals surface area contributed by atoms with Crippen LogP contribution in [0.4, 0.5) is 17.6 Å². The molecule has 0 saturated heterocycles. The van der Waals surface area contributed by atoms with Crippen molar-refractivity contribution in [3.8, 4) is 5.75 Å². The lowest BCUT2D eigenvalue weighted by Gasteiger charge is -2.13. The quantitative estimate of drug-likeness (QED) is 0.521. The molecule has 21 heavy (non-hydrogen) atoms. The van der Waals surface area contributed by atoms with E-state index in [0.29, 0.717) is 5.56 Å². The van der Waals surface area contributed by atoms with Gasteiger partial charge in [0, 0.05) is 4.83 Å². The molecule has 0 saturated carbocycles. The van der Waals surface area contributed by atoms with Crippen LogP contribution in [-0.2, 0) is 6.42 Å². The Bertz CT molecular complexity index is 618. The molecule has 0 aliphatic rings. The van der Waals surface area contributed by atoms with Crippen molar-refractivity contribution in [2.75, 3.05) is 0 Å². The molecule has 1 atom stereocenters. The van der Waals surface area contributed by atoms with E-state index in [4.69, 9.17) is 0 Å². The number of halogens is 5. The minimum absolute atomic E-state index is 0.0201. The fourth-order valence-electron chi connectivity index (χ4n) is 1.90. The number of hydrogen-bond acceptors (Lipinski definition) is 1. The van der Waals surface area contributed by atoms with Crippen molar-refractivity contribution >= 4 is 15.9 Å². The van der Waals surface area contributed by atoms with Gasteiger partial charge in [0.15, 0.2) is 11.6 Å². The molecule has 2 aromatic carbocycles. The Labute approximate surface area is 127 Å². The van der Waals surface area contributed by atoms with Crippen molar-refractivity contribution in [3.05, 3.63) is 65.2 Å². The van der Waals surface area contributed by atoms with Crippen molar-refractivity contribution in [3.63, 3.8) is 0 Å². The van der Waals surface area contributed by atoms with Crippen LogP contribution < -0.4 is 4.74 Å². The fraction of sp³-hybridized carbons (Fsp3) is 0.200. The zero-order chi connectivity index (χ0) is 15.4. The highest BCUT2D eigenvalue weighted by atomic mass is 79.9. The van der Waals surface area contributed by atoms with Gasteiger partial charge in [0.1, 0.15) is 5.75 Å². The third-order valence-electron chi connectivity index (χ3n) is 2.88. The predicted octanol–water partition coefficient (Wildman–Crippen LogP) is 5.24. The van der Waals surface area contributed by atoms with Gasteiger partial charge in [0.2, 0.25) is 0 Å². The lowest BCUT2D eigenvalue weighted by molar-refractivity contribution is -0.0498. The summed E-state index contributed by atoms with van der Waals surface area (Å²) in [4.78, 5) is -0.352. The molecule has 0 aliphatic carbocycles. The Morgan fingerprint density at radius 2 is 1.76 bits per heavy atom. The zero-order valence-electron chi connectivity index (χ0n) is 10.7. The van der Waals surface area contributed by atoms with Gasteiger partial charge in [-0.15, -0.1) is 0 Å². The highest BCUT2D eigenvalue weighted by Gasteiger charge is 2.15. The van der Waals surface area contributed by atoms with Crippen LogP contribution in [0, 0.1) is 11.6 Å². The third-order valence-corrected chi connectivity index (χ3v) is 3.73. The van der Waals surface area contributed by atoms with E-state index in [1.54, 1.807) is 12.1 Å². The summed E-state index contributed by atoms with van der Waals surface area (Å²) < 4.78 is 55.4. The van der Waals surface area contributed by atoms with Gasteiger partial charge in [0.05, 0.1) is 0 Å². The first-order valence-electron chi connectivity index (χ1n) is 6.09. The van der Waals surface area contributed by atoms with Crippen LogP contribution in [0.2, 0.25) is 0 Å². The van der Waals surface area contributed by atoms with Crippen LogP contribution in [-0.4, -0.2) is 6.61 Å². The normalized spacial score (nSPS) is 12.5. The van der Waals surface area contributed by atoms with Crippen LogP contribution in [0.15, 0.2) is 42.5 Å². The molecule has 2 rings (SSSR count). The Kier molecular flexibility index (Phi) is 5.22. The smallest absolute Gasteiger partial charge is 0.387 e. The molecule has 1 nitrogen and oxygen atoms in total. The van der Waals surface area contributed by atoms with Crippen molar-refractivity contribution in [1.29, 1.82) is 0 Å². The summed E-state index contributed by atoms with van der Waals surface area (Å²) in [6, 6.07) is 10.0. The SMILES string of the molecule is Fc1cccc(CC(Br)c2cccc(OC(F)F)c2)c1F. The maximum Gasteiger partial charge on any atom is 0.387 e. The summed E-state index contributed by atoms with van der Waals surface area (Å²) in [5, 5.41) is 0. The van der Waals surface area contributed by atoms with E-state index in [2.05, 4.69) is 20.7 Å². The number of alkyl halides is 3.